The van der Waals surface area contributed by atoms with Gasteiger partial charge >= 0.3 is 0 Å². The normalized spacial score (nSPS) is 12.3. The summed E-state index contributed by atoms with van der Waals surface area (Å²) in [7, 11) is 0. The Morgan fingerprint density at radius 2 is 1.47 bits per heavy atom. The fourth-order valence-electron chi connectivity index (χ4n) is 1.57. The Kier molecular flexibility index (Phi) is 2.70. The fourth-order valence-corrected chi connectivity index (χ4v) is 1.57. The molecule has 0 amide bonds. The lowest BCUT2D eigenvalue weighted by molar-refractivity contribution is 0.221. The van der Waals surface area contributed by atoms with E-state index in [1.807, 2.05) is 48.5 Å². The van der Waals surface area contributed by atoms with E-state index in [0.717, 1.165) is 11.1 Å². The number of aliphatic hydroxyl groups is 1. The van der Waals surface area contributed by atoms with E-state index in [2.05, 4.69) is 0 Å². The Labute approximate surface area is 89.0 Å². The number of benzene rings is 2. The molecule has 0 heterocycles. The van der Waals surface area contributed by atoms with Gasteiger partial charge in [-0.2, -0.15) is 0 Å². The van der Waals surface area contributed by atoms with Gasteiger partial charge in [0.2, 0.25) is 0 Å². The van der Waals surface area contributed by atoms with Gasteiger partial charge in [-0.25, -0.2) is 0 Å². The Morgan fingerprint density at radius 3 is 2.13 bits per heavy atom. The average molecular weight is 199 g/mol. The van der Waals surface area contributed by atoms with Gasteiger partial charge in [-0.3, -0.25) is 0 Å². The molecule has 0 fully saturated rings. The fraction of sp³-hybridized carbons (Fsp3) is 0.0769. The molecule has 76 valence electrons. The highest BCUT2D eigenvalue weighted by atomic mass is 16.3. The molecule has 1 atom stereocenters. The highest BCUT2D eigenvalue weighted by Gasteiger charge is 2.11. The average Bonchev–Trinajstić information content (AvgIpc) is 2.30. The summed E-state index contributed by atoms with van der Waals surface area (Å²) in [4.78, 5) is 0. The number of anilines is 1. The number of aliphatic hydroxyl groups excluding tert-OH is 1. The molecule has 2 heteroatoms. The quantitative estimate of drug-likeness (QED) is 0.729. The third kappa shape index (κ3) is 2.00. The predicted molar refractivity (Wildman–Crippen MR) is 61.4 cm³/mol. The lowest BCUT2D eigenvalue weighted by Gasteiger charge is -2.13. The van der Waals surface area contributed by atoms with Crippen LogP contribution in [0.2, 0.25) is 0 Å². The van der Waals surface area contributed by atoms with Crippen LogP contribution in [0.3, 0.4) is 0 Å². The van der Waals surface area contributed by atoms with Crippen molar-refractivity contribution >= 4 is 5.69 Å². The number of rotatable bonds is 2. The maximum Gasteiger partial charge on any atom is 0.106 e. The van der Waals surface area contributed by atoms with Crippen LogP contribution in [0.5, 0.6) is 0 Å². The SMILES string of the molecule is Nc1ccccc1C(O)c1ccccc1. The van der Waals surface area contributed by atoms with E-state index in [1.165, 1.54) is 0 Å². The number of para-hydroxylation sites is 1. The molecule has 2 aromatic carbocycles. The summed E-state index contributed by atoms with van der Waals surface area (Å²) in [6.45, 7) is 0. The van der Waals surface area contributed by atoms with E-state index in [4.69, 9.17) is 5.73 Å². The molecule has 0 spiro atoms. The van der Waals surface area contributed by atoms with Crippen molar-refractivity contribution in [3.05, 3.63) is 65.7 Å². The summed E-state index contributed by atoms with van der Waals surface area (Å²) in [6.07, 6.45) is -0.646. The molecular weight excluding hydrogens is 186 g/mol. The minimum absolute atomic E-state index is 0.619. The van der Waals surface area contributed by atoms with Crippen LogP contribution in [0.1, 0.15) is 17.2 Å². The van der Waals surface area contributed by atoms with E-state index >= 15 is 0 Å². The maximum absolute atomic E-state index is 10.1. The van der Waals surface area contributed by atoms with Crippen molar-refractivity contribution in [3.63, 3.8) is 0 Å². The highest BCUT2D eigenvalue weighted by Crippen LogP contribution is 2.25. The maximum atomic E-state index is 10.1. The molecule has 0 radical (unpaired) electrons. The molecule has 0 bridgehead atoms. The van der Waals surface area contributed by atoms with E-state index in [0.29, 0.717) is 5.69 Å². The third-order valence-electron chi connectivity index (χ3n) is 2.41. The molecule has 0 aromatic heterocycles. The van der Waals surface area contributed by atoms with Crippen molar-refractivity contribution in [2.75, 3.05) is 5.73 Å². The number of nitrogens with two attached hydrogens (primary N) is 1. The second-order valence-corrected chi connectivity index (χ2v) is 3.44. The van der Waals surface area contributed by atoms with Crippen molar-refractivity contribution in [2.24, 2.45) is 0 Å². The highest BCUT2D eigenvalue weighted by molar-refractivity contribution is 5.50. The Morgan fingerprint density at radius 1 is 0.867 bits per heavy atom. The van der Waals surface area contributed by atoms with E-state index < -0.39 is 6.10 Å². The van der Waals surface area contributed by atoms with E-state index in [1.54, 1.807) is 6.07 Å². The van der Waals surface area contributed by atoms with Gasteiger partial charge in [0.05, 0.1) is 0 Å². The van der Waals surface area contributed by atoms with Gasteiger partial charge in [-0.1, -0.05) is 48.5 Å². The first-order chi connectivity index (χ1) is 7.29. The molecule has 0 aliphatic rings. The summed E-state index contributed by atoms with van der Waals surface area (Å²) in [5.74, 6) is 0. The largest absolute Gasteiger partial charge is 0.398 e. The topological polar surface area (TPSA) is 46.2 Å². The van der Waals surface area contributed by atoms with Gasteiger partial charge < -0.3 is 10.8 Å². The van der Waals surface area contributed by atoms with Crippen LogP contribution in [-0.2, 0) is 0 Å². The molecule has 15 heavy (non-hydrogen) atoms. The zero-order valence-electron chi connectivity index (χ0n) is 8.30. The molecular formula is C13H13NO. The van der Waals surface area contributed by atoms with Crippen LogP contribution in [0.4, 0.5) is 5.69 Å². The van der Waals surface area contributed by atoms with Crippen LogP contribution in [0.15, 0.2) is 54.6 Å². The summed E-state index contributed by atoms with van der Waals surface area (Å²) in [6, 6.07) is 16.9. The number of nitrogen functional groups attached to an aromatic ring is 1. The molecule has 2 nitrogen and oxygen atoms in total. The molecule has 0 saturated carbocycles. The Bertz CT molecular complexity index is 439. The molecule has 0 saturated heterocycles. The molecule has 0 aliphatic carbocycles. The van der Waals surface area contributed by atoms with Gasteiger partial charge in [0.1, 0.15) is 6.10 Å². The zero-order valence-corrected chi connectivity index (χ0v) is 8.30. The first-order valence-corrected chi connectivity index (χ1v) is 4.86. The van der Waals surface area contributed by atoms with Gasteiger partial charge in [-0.05, 0) is 11.6 Å². The van der Waals surface area contributed by atoms with Crippen molar-refractivity contribution in [1.82, 2.24) is 0 Å². The summed E-state index contributed by atoms with van der Waals surface area (Å²) in [5, 5.41) is 10.1. The first-order valence-electron chi connectivity index (χ1n) is 4.86. The Hall–Kier alpha value is -1.80. The molecule has 0 aliphatic heterocycles. The Balaban J connectivity index is 2.37. The lowest BCUT2D eigenvalue weighted by atomic mass is 10.0. The van der Waals surface area contributed by atoms with Crippen LogP contribution in [0, 0.1) is 0 Å². The minimum Gasteiger partial charge on any atom is -0.398 e. The van der Waals surface area contributed by atoms with Crippen LogP contribution in [0.25, 0.3) is 0 Å². The van der Waals surface area contributed by atoms with Gasteiger partial charge in [0, 0.05) is 11.3 Å². The smallest absolute Gasteiger partial charge is 0.106 e. The van der Waals surface area contributed by atoms with Crippen LogP contribution in [-0.4, -0.2) is 5.11 Å². The molecule has 1 unspecified atom stereocenters. The minimum atomic E-state index is -0.646. The molecule has 2 aromatic rings. The molecule has 3 N–H and O–H groups in total. The molecule has 2 rings (SSSR count). The van der Waals surface area contributed by atoms with Crippen LogP contribution >= 0.6 is 0 Å². The second-order valence-electron chi connectivity index (χ2n) is 3.44. The van der Waals surface area contributed by atoms with Crippen molar-refractivity contribution in [2.45, 2.75) is 6.10 Å². The standard InChI is InChI=1S/C13H13NO/c14-12-9-5-4-8-11(12)13(15)10-6-2-1-3-7-10/h1-9,13,15H,14H2. The van der Waals surface area contributed by atoms with Crippen molar-refractivity contribution < 1.29 is 5.11 Å². The monoisotopic (exact) mass is 199 g/mol. The van der Waals surface area contributed by atoms with Gasteiger partial charge in [0.25, 0.3) is 0 Å². The van der Waals surface area contributed by atoms with Crippen molar-refractivity contribution in [1.29, 1.82) is 0 Å². The summed E-state index contributed by atoms with van der Waals surface area (Å²) >= 11 is 0. The zero-order chi connectivity index (χ0) is 10.7. The lowest BCUT2D eigenvalue weighted by Crippen LogP contribution is -2.03. The third-order valence-corrected chi connectivity index (χ3v) is 2.41. The van der Waals surface area contributed by atoms with Crippen LogP contribution < -0.4 is 5.73 Å². The van der Waals surface area contributed by atoms with E-state index in [9.17, 15) is 5.11 Å². The predicted octanol–water partition coefficient (Wildman–Crippen LogP) is 2.35. The number of hydrogen-bond donors (Lipinski definition) is 2. The van der Waals surface area contributed by atoms with Crippen molar-refractivity contribution in [3.8, 4) is 0 Å². The van der Waals surface area contributed by atoms with Gasteiger partial charge in [-0.15, -0.1) is 0 Å². The second kappa shape index (κ2) is 4.15. The number of hydrogen-bond acceptors (Lipinski definition) is 2. The summed E-state index contributed by atoms with van der Waals surface area (Å²) in [5.41, 5.74) is 8.03. The van der Waals surface area contributed by atoms with Gasteiger partial charge in [0.15, 0.2) is 0 Å². The summed E-state index contributed by atoms with van der Waals surface area (Å²) < 4.78 is 0. The van der Waals surface area contributed by atoms with E-state index in [-0.39, 0.29) is 0 Å². The first kappa shape index (κ1) is 9.74.